The van der Waals surface area contributed by atoms with Crippen molar-refractivity contribution in [2.24, 2.45) is 11.8 Å². The van der Waals surface area contributed by atoms with Crippen molar-refractivity contribution in [3.63, 3.8) is 0 Å². The molecule has 0 aromatic heterocycles. The van der Waals surface area contributed by atoms with E-state index in [0.717, 1.165) is 19.3 Å². The molecule has 0 saturated heterocycles. The highest BCUT2D eigenvalue weighted by Crippen LogP contribution is 2.45. The third-order valence-electron chi connectivity index (χ3n) is 3.54. The first kappa shape index (κ1) is 9.01. The van der Waals surface area contributed by atoms with Gasteiger partial charge in [0.2, 0.25) is 0 Å². The van der Waals surface area contributed by atoms with Crippen molar-refractivity contribution in [3.8, 4) is 0 Å². The van der Waals surface area contributed by atoms with Crippen LogP contribution >= 0.6 is 0 Å². The van der Waals surface area contributed by atoms with Crippen LogP contribution in [0.3, 0.4) is 0 Å². The molecule has 2 bridgehead atoms. The Balaban J connectivity index is 2.27. The number of hydrogen-bond donors (Lipinski definition) is 1. The molecule has 0 aromatic rings. The van der Waals surface area contributed by atoms with Gasteiger partial charge in [-0.3, -0.25) is 0 Å². The van der Waals surface area contributed by atoms with Crippen LogP contribution in [0.5, 0.6) is 0 Å². The zero-order valence-electron chi connectivity index (χ0n) is 8.29. The van der Waals surface area contributed by atoms with Gasteiger partial charge in [-0.05, 0) is 38.5 Å². The Morgan fingerprint density at radius 1 is 1.62 bits per heavy atom. The molecule has 0 heterocycles. The Bertz CT molecular complexity index is 254. The zero-order chi connectivity index (χ0) is 9.47. The maximum absolute atomic E-state index is 10.4. The third kappa shape index (κ3) is 1.46. The lowest BCUT2D eigenvalue weighted by Crippen LogP contribution is -2.44. The van der Waals surface area contributed by atoms with Crippen LogP contribution in [0.2, 0.25) is 0 Å². The molecule has 2 aliphatic carbocycles. The SMILES string of the molecule is C=C[C@H]1CC[C@H]2C=C(C)C[C@]1(O)C2. The maximum Gasteiger partial charge on any atom is 0.0752 e. The van der Waals surface area contributed by atoms with Gasteiger partial charge in [-0.2, -0.15) is 0 Å². The molecule has 1 fully saturated rings. The average molecular weight is 178 g/mol. The van der Waals surface area contributed by atoms with Crippen LogP contribution in [0, 0.1) is 11.8 Å². The highest BCUT2D eigenvalue weighted by atomic mass is 16.3. The maximum atomic E-state index is 10.4. The van der Waals surface area contributed by atoms with Crippen LogP contribution in [0.25, 0.3) is 0 Å². The first-order valence-corrected chi connectivity index (χ1v) is 5.16. The van der Waals surface area contributed by atoms with Crippen molar-refractivity contribution in [1.29, 1.82) is 0 Å². The molecule has 1 nitrogen and oxygen atoms in total. The summed E-state index contributed by atoms with van der Waals surface area (Å²) in [6, 6.07) is 0. The second-order valence-corrected chi connectivity index (χ2v) is 4.68. The van der Waals surface area contributed by atoms with E-state index in [-0.39, 0.29) is 0 Å². The molecular formula is C12H18O. The highest BCUT2D eigenvalue weighted by Gasteiger charge is 2.42. The lowest BCUT2D eigenvalue weighted by molar-refractivity contribution is -0.0470. The molecule has 0 radical (unpaired) electrons. The second-order valence-electron chi connectivity index (χ2n) is 4.68. The van der Waals surface area contributed by atoms with Crippen LogP contribution in [-0.2, 0) is 0 Å². The Morgan fingerprint density at radius 3 is 3.08 bits per heavy atom. The van der Waals surface area contributed by atoms with Gasteiger partial charge in [0.05, 0.1) is 5.60 Å². The minimum atomic E-state index is -0.469. The lowest BCUT2D eigenvalue weighted by atomic mass is 9.65. The summed E-state index contributed by atoms with van der Waals surface area (Å²) in [6.07, 6.45) is 8.40. The van der Waals surface area contributed by atoms with Gasteiger partial charge in [0, 0.05) is 5.92 Å². The van der Waals surface area contributed by atoms with Crippen molar-refractivity contribution < 1.29 is 5.11 Å². The van der Waals surface area contributed by atoms with Crippen molar-refractivity contribution in [3.05, 3.63) is 24.3 Å². The lowest BCUT2D eigenvalue weighted by Gasteiger charge is -2.45. The van der Waals surface area contributed by atoms with Crippen LogP contribution < -0.4 is 0 Å². The fourth-order valence-electron chi connectivity index (χ4n) is 3.00. The molecule has 1 N–H and O–H groups in total. The fraction of sp³-hybridized carbons (Fsp3) is 0.667. The van der Waals surface area contributed by atoms with E-state index in [1.165, 1.54) is 12.0 Å². The summed E-state index contributed by atoms with van der Waals surface area (Å²) in [5, 5.41) is 10.4. The summed E-state index contributed by atoms with van der Waals surface area (Å²) in [5.74, 6) is 0.933. The van der Waals surface area contributed by atoms with Crippen molar-refractivity contribution in [2.45, 2.75) is 38.2 Å². The fourth-order valence-corrected chi connectivity index (χ4v) is 3.00. The molecule has 13 heavy (non-hydrogen) atoms. The Morgan fingerprint density at radius 2 is 2.38 bits per heavy atom. The smallest absolute Gasteiger partial charge is 0.0752 e. The molecule has 2 rings (SSSR count). The van der Waals surface area contributed by atoms with Crippen molar-refractivity contribution in [1.82, 2.24) is 0 Å². The average Bonchev–Trinajstić information content (AvgIpc) is 2.01. The number of allylic oxidation sites excluding steroid dienone is 1. The summed E-state index contributed by atoms with van der Waals surface area (Å²) in [6.45, 7) is 5.95. The number of fused-ring (bicyclic) bond motifs is 2. The molecular weight excluding hydrogens is 160 g/mol. The van der Waals surface area contributed by atoms with E-state index in [1.54, 1.807) is 0 Å². The largest absolute Gasteiger partial charge is 0.389 e. The number of hydrogen-bond acceptors (Lipinski definition) is 1. The number of rotatable bonds is 1. The van der Waals surface area contributed by atoms with Gasteiger partial charge < -0.3 is 5.11 Å². The standard InChI is InChI=1S/C12H18O/c1-3-11-5-4-10-6-9(2)7-12(11,13)8-10/h3,6,10-11,13H,1,4-5,7-8H2,2H3/t10-,11-,12-/m0/s1. The first-order valence-electron chi connectivity index (χ1n) is 5.16. The van der Waals surface area contributed by atoms with Crippen LogP contribution in [-0.4, -0.2) is 10.7 Å². The molecule has 0 unspecified atom stereocenters. The molecule has 72 valence electrons. The van der Waals surface area contributed by atoms with E-state index in [4.69, 9.17) is 0 Å². The Labute approximate surface area is 80.2 Å². The minimum absolute atomic E-state index is 0.312. The quantitative estimate of drug-likeness (QED) is 0.612. The summed E-state index contributed by atoms with van der Waals surface area (Å²) >= 11 is 0. The van der Waals surface area contributed by atoms with E-state index in [2.05, 4.69) is 19.6 Å². The first-order chi connectivity index (χ1) is 6.14. The molecule has 3 atom stereocenters. The van der Waals surface area contributed by atoms with Crippen LogP contribution in [0.1, 0.15) is 32.6 Å². The molecule has 0 spiro atoms. The summed E-state index contributed by atoms with van der Waals surface area (Å²) in [7, 11) is 0. The van der Waals surface area contributed by atoms with Crippen LogP contribution in [0.15, 0.2) is 24.3 Å². The molecule has 2 aliphatic rings. The summed E-state index contributed by atoms with van der Waals surface area (Å²) in [4.78, 5) is 0. The molecule has 1 saturated carbocycles. The third-order valence-corrected chi connectivity index (χ3v) is 3.54. The van der Waals surface area contributed by atoms with E-state index >= 15 is 0 Å². The Hall–Kier alpha value is -0.560. The van der Waals surface area contributed by atoms with Gasteiger partial charge in [0.25, 0.3) is 0 Å². The van der Waals surface area contributed by atoms with Gasteiger partial charge >= 0.3 is 0 Å². The normalized spacial score (nSPS) is 44.0. The van der Waals surface area contributed by atoms with Gasteiger partial charge in [-0.1, -0.05) is 17.7 Å². The second kappa shape index (κ2) is 2.98. The number of aliphatic hydroxyl groups is 1. The summed E-state index contributed by atoms with van der Waals surface area (Å²) in [5.41, 5.74) is 0.883. The van der Waals surface area contributed by atoms with E-state index in [0.29, 0.717) is 11.8 Å². The van der Waals surface area contributed by atoms with Gasteiger partial charge in [-0.25, -0.2) is 0 Å². The van der Waals surface area contributed by atoms with E-state index < -0.39 is 5.60 Å². The minimum Gasteiger partial charge on any atom is -0.389 e. The van der Waals surface area contributed by atoms with Gasteiger partial charge in [0.1, 0.15) is 0 Å². The summed E-state index contributed by atoms with van der Waals surface area (Å²) < 4.78 is 0. The Kier molecular flexibility index (Phi) is 2.07. The molecule has 0 aliphatic heterocycles. The van der Waals surface area contributed by atoms with Gasteiger partial charge in [-0.15, -0.1) is 6.58 Å². The molecule has 0 amide bonds. The van der Waals surface area contributed by atoms with E-state index in [9.17, 15) is 5.11 Å². The zero-order valence-corrected chi connectivity index (χ0v) is 8.29. The van der Waals surface area contributed by atoms with Crippen molar-refractivity contribution >= 4 is 0 Å². The highest BCUT2D eigenvalue weighted by molar-refractivity contribution is 5.17. The monoisotopic (exact) mass is 178 g/mol. The predicted molar refractivity (Wildman–Crippen MR) is 54.4 cm³/mol. The topological polar surface area (TPSA) is 20.2 Å². The molecule has 0 aromatic carbocycles. The molecule has 1 heteroatoms. The van der Waals surface area contributed by atoms with Crippen molar-refractivity contribution in [2.75, 3.05) is 0 Å². The predicted octanol–water partition coefficient (Wildman–Crippen LogP) is 2.67. The van der Waals surface area contributed by atoms with E-state index in [1.807, 2.05) is 6.08 Å². The van der Waals surface area contributed by atoms with Gasteiger partial charge in [0.15, 0.2) is 0 Å². The van der Waals surface area contributed by atoms with Crippen LogP contribution in [0.4, 0.5) is 0 Å².